The van der Waals surface area contributed by atoms with Crippen LogP contribution in [0.5, 0.6) is 0 Å². The van der Waals surface area contributed by atoms with Crippen molar-refractivity contribution >= 4 is 23.2 Å². The fraction of sp³-hybridized carbons (Fsp3) is 0.533. The number of aromatic nitrogens is 3. The predicted octanol–water partition coefficient (Wildman–Crippen LogP) is 2.16. The molecular weight excluding hydrogens is 332 g/mol. The number of hydrogen-bond acceptors (Lipinski definition) is 7. The molecule has 2 rings (SSSR count). The molecule has 0 fully saturated rings. The number of hydrogen-bond donors (Lipinski definition) is 2. The van der Waals surface area contributed by atoms with Gasteiger partial charge in [0.2, 0.25) is 11.8 Å². The highest BCUT2D eigenvalue weighted by molar-refractivity contribution is 7.09. The Labute approximate surface area is 143 Å². The number of carbonyl (C=O) groups excluding carboxylic acids is 1. The quantitative estimate of drug-likeness (QED) is 0.784. The largest absolute Gasteiger partial charge is 0.476 e. The van der Waals surface area contributed by atoms with Crippen molar-refractivity contribution in [2.24, 2.45) is 0 Å². The number of nitrogens with zero attached hydrogens (tertiary/aromatic N) is 3. The van der Waals surface area contributed by atoms with Gasteiger partial charge in [0.15, 0.2) is 11.5 Å². The third-order valence-corrected chi connectivity index (χ3v) is 3.99. The summed E-state index contributed by atoms with van der Waals surface area (Å²) in [6.45, 7) is 6.24. The molecule has 0 saturated heterocycles. The molecule has 0 saturated carbocycles. The van der Waals surface area contributed by atoms with Gasteiger partial charge >= 0.3 is 5.97 Å². The number of carboxylic acids is 1. The Morgan fingerprint density at radius 3 is 2.67 bits per heavy atom. The zero-order valence-corrected chi connectivity index (χ0v) is 14.6. The number of thiazole rings is 1. The molecular formula is C15H20N4O4S. The second-order valence-electron chi connectivity index (χ2n) is 6.32. The topological polar surface area (TPSA) is 118 Å². The second kappa shape index (κ2) is 7.52. The Hall–Kier alpha value is -2.29. The summed E-state index contributed by atoms with van der Waals surface area (Å²) in [6, 6.07) is 0. The lowest BCUT2D eigenvalue weighted by Crippen LogP contribution is -2.22. The molecule has 0 aliphatic rings. The highest BCUT2D eigenvalue weighted by Crippen LogP contribution is 2.18. The van der Waals surface area contributed by atoms with Gasteiger partial charge < -0.3 is 14.9 Å². The van der Waals surface area contributed by atoms with Crippen LogP contribution in [0.25, 0.3) is 0 Å². The standard InChI is InChI=1S/C15H20N4O4S/c1-15(2,3)14-18-11(23-19-14)6-4-5-10(20)16-7-12-17-9(8-24-12)13(21)22/h8H,4-7H2,1-3H3,(H,16,20)(H,21,22). The van der Waals surface area contributed by atoms with Crippen molar-refractivity contribution in [2.75, 3.05) is 0 Å². The number of aromatic carboxylic acids is 1. The van der Waals surface area contributed by atoms with Gasteiger partial charge in [0.05, 0.1) is 6.54 Å². The molecule has 0 atom stereocenters. The molecule has 0 radical (unpaired) electrons. The average Bonchev–Trinajstić information content (AvgIpc) is 3.13. The molecule has 1 amide bonds. The van der Waals surface area contributed by atoms with Gasteiger partial charge in [0, 0.05) is 23.6 Å². The summed E-state index contributed by atoms with van der Waals surface area (Å²) in [5.41, 5.74) is -0.169. The maximum absolute atomic E-state index is 11.8. The Morgan fingerprint density at radius 2 is 2.08 bits per heavy atom. The van der Waals surface area contributed by atoms with Crippen LogP contribution in [0.3, 0.4) is 0 Å². The Morgan fingerprint density at radius 1 is 1.33 bits per heavy atom. The van der Waals surface area contributed by atoms with E-state index in [0.717, 1.165) is 0 Å². The molecule has 0 bridgehead atoms. The molecule has 24 heavy (non-hydrogen) atoms. The highest BCUT2D eigenvalue weighted by atomic mass is 32.1. The van der Waals surface area contributed by atoms with Crippen molar-refractivity contribution < 1.29 is 19.2 Å². The van der Waals surface area contributed by atoms with Crippen LogP contribution in [0.15, 0.2) is 9.90 Å². The summed E-state index contributed by atoms with van der Waals surface area (Å²) in [5, 5.41) is 17.5. The normalized spacial score (nSPS) is 11.5. The van der Waals surface area contributed by atoms with Gasteiger partial charge in [-0.25, -0.2) is 9.78 Å². The van der Waals surface area contributed by atoms with Crippen LogP contribution in [0.4, 0.5) is 0 Å². The summed E-state index contributed by atoms with van der Waals surface area (Å²) in [4.78, 5) is 30.7. The maximum Gasteiger partial charge on any atom is 0.355 e. The molecule has 0 unspecified atom stereocenters. The summed E-state index contributed by atoms with van der Waals surface area (Å²) in [7, 11) is 0. The minimum Gasteiger partial charge on any atom is -0.476 e. The number of carboxylic acid groups (broad SMARTS) is 1. The van der Waals surface area contributed by atoms with Crippen molar-refractivity contribution in [1.82, 2.24) is 20.4 Å². The Kier molecular flexibility index (Phi) is 5.66. The first-order chi connectivity index (χ1) is 11.3. The van der Waals surface area contributed by atoms with Gasteiger partial charge in [-0.3, -0.25) is 4.79 Å². The molecule has 8 nitrogen and oxygen atoms in total. The van der Waals surface area contributed by atoms with Crippen LogP contribution in [0.2, 0.25) is 0 Å². The lowest BCUT2D eigenvalue weighted by atomic mass is 9.96. The Bertz CT molecular complexity index is 717. The molecule has 2 aromatic heterocycles. The first-order valence-electron chi connectivity index (χ1n) is 7.53. The SMILES string of the molecule is CC(C)(C)c1noc(CCCC(=O)NCc2nc(C(=O)O)cs2)n1. The molecule has 0 aliphatic heterocycles. The lowest BCUT2D eigenvalue weighted by molar-refractivity contribution is -0.121. The van der Waals surface area contributed by atoms with Crippen LogP contribution >= 0.6 is 11.3 Å². The van der Waals surface area contributed by atoms with Crippen molar-refractivity contribution in [3.63, 3.8) is 0 Å². The van der Waals surface area contributed by atoms with Gasteiger partial charge in [0.25, 0.3) is 0 Å². The number of amides is 1. The summed E-state index contributed by atoms with van der Waals surface area (Å²) < 4.78 is 5.17. The third-order valence-electron chi connectivity index (χ3n) is 3.14. The number of rotatable bonds is 7. The summed E-state index contributed by atoms with van der Waals surface area (Å²) >= 11 is 1.21. The zero-order valence-electron chi connectivity index (χ0n) is 13.8. The summed E-state index contributed by atoms with van der Waals surface area (Å²) in [6.07, 6.45) is 1.46. The fourth-order valence-corrected chi connectivity index (χ4v) is 2.52. The van der Waals surface area contributed by atoms with Crippen molar-refractivity contribution in [3.8, 4) is 0 Å². The van der Waals surface area contributed by atoms with E-state index in [-0.39, 0.29) is 23.6 Å². The average molecular weight is 352 g/mol. The molecule has 0 aliphatic carbocycles. The molecule has 2 heterocycles. The highest BCUT2D eigenvalue weighted by Gasteiger charge is 2.20. The first kappa shape index (κ1) is 18.1. The molecule has 0 spiro atoms. The minimum absolute atomic E-state index is 0.00436. The van der Waals surface area contributed by atoms with Crippen molar-refractivity contribution in [1.29, 1.82) is 0 Å². The van der Waals surface area contributed by atoms with Crippen molar-refractivity contribution in [2.45, 2.75) is 52.0 Å². The zero-order chi connectivity index (χ0) is 17.7. The number of carbonyl (C=O) groups is 2. The van der Waals surface area contributed by atoms with Crippen molar-refractivity contribution in [3.05, 3.63) is 27.8 Å². The van der Waals surface area contributed by atoms with E-state index in [1.54, 1.807) is 0 Å². The van der Waals surface area contributed by atoms with E-state index in [4.69, 9.17) is 9.63 Å². The fourth-order valence-electron chi connectivity index (χ4n) is 1.81. The molecule has 130 valence electrons. The van der Waals surface area contributed by atoms with E-state index in [1.165, 1.54) is 16.7 Å². The van der Waals surface area contributed by atoms with Gasteiger partial charge in [-0.05, 0) is 6.42 Å². The monoisotopic (exact) mass is 352 g/mol. The van der Waals surface area contributed by atoms with Crippen LogP contribution in [-0.2, 0) is 23.2 Å². The maximum atomic E-state index is 11.8. The van der Waals surface area contributed by atoms with Crippen LogP contribution in [0.1, 0.15) is 60.8 Å². The van der Waals surface area contributed by atoms with E-state index in [2.05, 4.69) is 20.4 Å². The lowest BCUT2D eigenvalue weighted by Gasteiger charge is -2.10. The Balaban J connectivity index is 1.71. The molecule has 9 heteroatoms. The second-order valence-corrected chi connectivity index (χ2v) is 7.27. The van der Waals surface area contributed by atoms with Crippen LogP contribution in [0, 0.1) is 0 Å². The van der Waals surface area contributed by atoms with Crippen LogP contribution in [-0.4, -0.2) is 32.1 Å². The van der Waals surface area contributed by atoms with Gasteiger partial charge in [0.1, 0.15) is 5.01 Å². The smallest absolute Gasteiger partial charge is 0.355 e. The minimum atomic E-state index is -1.07. The number of aryl methyl sites for hydroxylation is 1. The van der Waals surface area contributed by atoms with E-state index in [9.17, 15) is 9.59 Å². The van der Waals surface area contributed by atoms with Gasteiger partial charge in [-0.2, -0.15) is 4.98 Å². The van der Waals surface area contributed by atoms with Crippen LogP contribution < -0.4 is 5.32 Å². The van der Waals surface area contributed by atoms with E-state index >= 15 is 0 Å². The predicted molar refractivity (Wildman–Crippen MR) is 86.9 cm³/mol. The first-order valence-corrected chi connectivity index (χ1v) is 8.41. The van der Waals surface area contributed by atoms with E-state index in [0.29, 0.717) is 36.0 Å². The third kappa shape index (κ3) is 5.12. The molecule has 0 aromatic carbocycles. The molecule has 2 aromatic rings. The number of nitrogens with one attached hydrogen (secondary N) is 1. The van der Waals surface area contributed by atoms with E-state index in [1.807, 2.05) is 20.8 Å². The summed E-state index contributed by atoms with van der Waals surface area (Å²) in [5.74, 6) is -0.0191. The molecule has 2 N–H and O–H groups in total. The van der Waals surface area contributed by atoms with E-state index < -0.39 is 5.97 Å². The van der Waals surface area contributed by atoms with Gasteiger partial charge in [-0.15, -0.1) is 11.3 Å². The van der Waals surface area contributed by atoms with Gasteiger partial charge in [-0.1, -0.05) is 25.9 Å².